The van der Waals surface area contributed by atoms with Gasteiger partial charge >= 0.3 is 0 Å². The molecule has 0 atom stereocenters. The summed E-state index contributed by atoms with van der Waals surface area (Å²) in [5, 5.41) is 0.601. The zero-order chi connectivity index (χ0) is 12.6. The molecular weight excluding hydrogens is 304 g/mol. The molecule has 2 rings (SSSR count). The average molecular weight is 314 g/mol. The monoisotopic (exact) mass is 312 g/mol. The van der Waals surface area contributed by atoms with Gasteiger partial charge in [0.25, 0.3) is 5.56 Å². The van der Waals surface area contributed by atoms with E-state index in [1.165, 1.54) is 0 Å². The highest BCUT2D eigenvalue weighted by Crippen LogP contribution is 2.28. The predicted octanol–water partition coefficient (Wildman–Crippen LogP) is 3.47. The topological polar surface area (TPSA) is 45.8 Å². The molecule has 0 amide bonds. The summed E-state index contributed by atoms with van der Waals surface area (Å²) in [6, 6.07) is 5.36. The third-order valence-corrected chi connectivity index (χ3v) is 3.50. The van der Waals surface area contributed by atoms with Gasteiger partial charge in [-0.15, -0.1) is 0 Å². The minimum atomic E-state index is -0.126. The van der Waals surface area contributed by atoms with E-state index in [0.29, 0.717) is 16.4 Å². The van der Waals surface area contributed by atoms with Gasteiger partial charge in [-0.05, 0) is 32.0 Å². The van der Waals surface area contributed by atoms with Crippen molar-refractivity contribution in [3.63, 3.8) is 0 Å². The van der Waals surface area contributed by atoms with E-state index in [2.05, 4.69) is 25.9 Å². The number of nitrogens with one attached hydrogen (secondary N) is 1. The SMILES string of the molecule is Cc1nc(-c2cc(Cl)ccc2Br)[nH]c(=O)c1C. The van der Waals surface area contributed by atoms with Crippen molar-refractivity contribution in [1.29, 1.82) is 0 Å². The minimum Gasteiger partial charge on any atom is -0.306 e. The Hall–Kier alpha value is -1.13. The Labute approximate surface area is 112 Å². The first-order valence-electron chi connectivity index (χ1n) is 5.02. The van der Waals surface area contributed by atoms with Gasteiger partial charge in [-0.1, -0.05) is 27.5 Å². The normalized spacial score (nSPS) is 10.6. The summed E-state index contributed by atoms with van der Waals surface area (Å²) in [5.41, 5.74) is 2.00. The van der Waals surface area contributed by atoms with Gasteiger partial charge in [0.15, 0.2) is 0 Å². The lowest BCUT2D eigenvalue weighted by atomic mass is 10.2. The van der Waals surface area contributed by atoms with Gasteiger partial charge < -0.3 is 4.98 Å². The summed E-state index contributed by atoms with van der Waals surface area (Å²) in [6.45, 7) is 3.56. The van der Waals surface area contributed by atoms with Crippen LogP contribution < -0.4 is 5.56 Å². The number of nitrogens with zero attached hydrogens (tertiary/aromatic N) is 1. The fraction of sp³-hybridized carbons (Fsp3) is 0.167. The molecule has 0 saturated carbocycles. The molecule has 3 nitrogen and oxygen atoms in total. The van der Waals surface area contributed by atoms with Gasteiger partial charge in [0.1, 0.15) is 5.82 Å². The first kappa shape index (κ1) is 12.3. The van der Waals surface area contributed by atoms with Crippen molar-refractivity contribution in [3.05, 3.63) is 49.3 Å². The number of aromatic nitrogens is 2. The van der Waals surface area contributed by atoms with Gasteiger partial charge in [0, 0.05) is 26.3 Å². The Morgan fingerprint density at radius 3 is 2.71 bits per heavy atom. The van der Waals surface area contributed by atoms with E-state index in [-0.39, 0.29) is 5.56 Å². The number of aryl methyl sites for hydroxylation is 1. The second-order valence-electron chi connectivity index (χ2n) is 3.75. The Morgan fingerprint density at radius 2 is 2.06 bits per heavy atom. The Bertz CT molecular complexity index is 637. The van der Waals surface area contributed by atoms with Crippen molar-refractivity contribution in [1.82, 2.24) is 9.97 Å². The van der Waals surface area contributed by atoms with Gasteiger partial charge in [0.2, 0.25) is 0 Å². The molecule has 0 fully saturated rings. The molecule has 0 saturated heterocycles. The third-order valence-electron chi connectivity index (χ3n) is 2.58. The van der Waals surface area contributed by atoms with Crippen LogP contribution in [0.1, 0.15) is 11.3 Å². The molecule has 1 aromatic heterocycles. The third kappa shape index (κ3) is 2.42. The van der Waals surface area contributed by atoms with E-state index in [9.17, 15) is 4.79 Å². The number of benzene rings is 1. The summed E-state index contributed by atoms with van der Waals surface area (Å²) >= 11 is 9.35. The lowest BCUT2D eigenvalue weighted by molar-refractivity contribution is 1.03. The van der Waals surface area contributed by atoms with E-state index < -0.39 is 0 Å². The van der Waals surface area contributed by atoms with Crippen LogP contribution in [0.4, 0.5) is 0 Å². The number of H-pyrrole nitrogens is 1. The predicted molar refractivity (Wildman–Crippen MR) is 72.5 cm³/mol. The first-order valence-corrected chi connectivity index (χ1v) is 6.19. The van der Waals surface area contributed by atoms with Crippen LogP contribution in [0.25, 0.3) is 11.4 Å². The maximum absolute atomic E-state index is 11.7. The van der Waals surface area contributed by atoms with Crippen LogP contribution in [0.15, 0.2) is 27.5 Å². The van der Waals surface area contributed by atoms with Crippen molar-refractivity contribution in [2.45, 2.75) is 13.8 Å². The molecule has 88 valence electrons. The lowest BCUT2D eigenvalue weighted by Crippen LogP contribution is -2.14. The summed E-state index contributed by atoms with van der Waals surface area (Å²) in [5.74, 6) is 0.521. The van der Waals surface area contributed by atoms with E-state index >= 15 is 0 Å². The molecule has 0 radical (unpaired) electrons. The fourth-order valence-electron chi connectivity index (χ4n) is 1.45. The summed E-state index contributed by atoms with van der Waals surface area (Å²) in [4.78, 5) is 18.8. The summed E-state index contributed by atoms with van der Waals surface area (Å²) in [6.07, 6.45) is 0. The smallest absolute Gasteiger partial charge is 0.254 e. The van der Waals surface area contributed by atoms with Crippen LogP contribution in [0.2, 0.25) is 5.02 Å². The molecule has 0 spiro atoms. The maximum atomic E-state index is 11.7. The number of rotatable bonds is 1. The Kier molecular flexibility index (Phi) is 3.35. The van der Waals surface area contributed by atoms with Crippen LogP contribution in [-0.4, -0.2) is 9.97 Å². The van der Waals surface area contributed by atoms with E-state index in [4.69, 9.17) is 11.6 Å². The molecule has 0 aliphatic heterocycles. The largest absolute Gasteiger partial charge is 0.306 e. The molecule has 2 aromatic rings. The highest BCUT2D eigenvalue weighted by Gasteiger charge is 2.09. The summed E-state index contributed by atoms with van der Waals surface area (Å²) in [7, 11) is 0. The zero-order valence-corrected chi connectivity index (χ0v) is 11.7. The number of hydrogen-bond donors (Lipinski definition) is 1. The van der Waals surface area contributed by atoms with Gasteiger partial charge in [-0.25, -0.2) is 4.98 Å². The van der Waals surface area contributed by atoms with Gasteiger partial charge in [0.05, 0.1) is 0 Å². The van der Waals surface area contributed by atoms with Crippen molar-refractivity contribution in [2.24, 2.45) is 0 Å². The molecule has 5 heteroatoms. The molecule has 0 aliphatic carbocycles. The van der Waals surface area contributed by atoms with Crippen LogP contribution in [0.3, 0.4) is 0 Å². The van der Waals surface area contributed by atoms with E-state index in [1.54, 1.807) is 19.1 Å². The highest BCUT2D eigenvalue weighted by molar-refractivity contribution is 9.10. The van der Waals surface area contributed by atoms with Crippen molar-refractivity contribution in [2.75, 3.05) is 0 Å². The molecule has 17 heavy (non-hydrogen) atoms. The Balaban J connectivity index is 2.69. The zero-order valence-electron chi connectivity index (χ0n) is 9.34. The maximum Gasteiger partial charge on any atom is 0.254 e. The molecule has 0 bridgehead atoms. The quantitative estimate of drug-likeness (QED) is 0.876. The second kappa shape index (κ2) is 4.63. The van der Waals surface area contributed by atoms with Crippen LogP contribution in [0.5, 0.6) is 0 Å². The fourth-order valence-corrected chi connectivity index (χ4v) is 2.06. The van der Waals surface area contributed by atoms with Gasteiger partial charge in [-0.3, -0.25) is 4.79 Å². The van der Waals surface area contributed by atoms with Crippen molar-refractivity contribution in [3.8, 4) is 11.4 Å². The minimum absolute atomic E-state index is 0.126. The molecule has 1 aromatic carbocycles. The molecule has 0 aliphatic rings. The van der Waals surface area contributed by atoms with Crippen molar-refractivity contribution < 1.29 is 0 Å². The average Bonchev–Trinajstić information content (AvgIpc) is 2.28. The standard InChI is InChI=1S/C12H10BrClN2O/c1-6-7(2)15-11(16-12(6)17)9-5-8(14)3-4-10(9)13/h3-5H,1-2H3,(H,15,16,17). The Morgan fingerprint density at radius 1 is 1.35 bits per heavy atom. The summed E-state index contributed by atoms with van der Waals surface area (Å²) < 4.78 is 0.841. The van der Waals surface area contributed by atoms with Gasteiger partial charge in [-0.2, -0.15) is 0 Å². The number of aromatic amines is 1. The van der Waals surface area contributed by atoms with E-state index in [0.717, 1.165) is 15.7 Å². The van der Waals surface area contributed by atoms with Crippen LogP contribution in [-0.2, 0) is 0 Å². The molecule has 1 N–H and O–H groups in total. The number of hydrogen-bond acceptors (Lipinski definition) is 2. The molecule has 1 heterocycles. The van der Waals surface area contributed by atoms with Crippen molar-refractivity contribution >= 4 is 27.5 Å². The number of halogens is 2. The van der Waals surface area contributed by atoms with E-state index in [1.807, 2.05) is 13.0 Å². The highest BCUT2D eigenvalue weighted by atomic mass is 79.9. The molecule has 0 unspecified atom stereocenters. The first-order chi connectivity index (χ1) is 7.99. The second-order valence-corrected chi connectivity index (χ2v) is 5.04. The van der Waals surface area contributed by atoms with Crippen LogP contribution >= 0.6 is 27.5 Å². The van der Waals surface area contributed by atoms with Crippen LogP contribution in [0, 0.1) is 13.8 Å². The lowest BCUT2D eigenvalue weighted by Gasteiger charge is -2.06. The molecular formula is C12H10BrClN2O.